The number of benzene rings is 1. The van der Waals surface area contributed by atoms with E-state index in [4.69, 9.17) is 37.6 Å². The fraction of sp³-hybridized carbons (Fsp3) is 0.263. The monoisotopic (exact) mass is 377 g/mol. The summed E-state index contributed by atoms with van der Waals surface area (Å²) >= 11 is 11.9. The average Bonchev–Trinajstić information content (AvgIpc) is 3.03. The Bertz CT molecular complexity index is 831. The molecule has 0 unspecified atom stereocenters. The molecule has 2 aromatic rings. The molecule has 25 heavy (non-hydrogen) atoms. The van der Waals surface area contributed by atoms with Crippen LogP contribution in [0.15, 0.2) is 40.3 Å². The maximum atomic E-state index is 11.9. The molecule has 0 N–H and O–H groups in total. The van der Waals surface area contributed by atoms with E-state index in [0.29, 0.717) is 27.5 Å². The van der Waals surface area contributed by atoms with E-state index in [2.05, 4.69) is 0 Å². The highest BCUT2D eigenvalue weighted by Gasteiger charge is 2.13. The molecule has 2 rings (SSSR count). The van der Waals surface area contributed by atoms with Gasteiger partial charge in [0.05, 0.1) is 16.7 Å². The lowest BCUT2D eigenvalue weighted by atomic mass is 10.1. The normalized spacial score (nSPS) is 11.4. The summed E-state index contributed by atoms with van der Waals surface area (Å²) < 4.78 is 10.7. The molecule has 0 amide bonds. The van der Waals surface area contributed by atoms with Crippen LogP contribution in [0.25, 0.3) is 17.4 Å². The Hall–Kier alpha value is -2.22. The lowest BCUT2D eigenvalue weighted by Gasteiger charge is -2.05. The molecule has 0 aliphatic rings. The smallest absolute Gasteiger partial charge is 0.349 e. The predicted octanol–water partition coefficient (Wildman–Crippen LogP) is 5.75. The van der Waals surface area contributed by atoms with Crippen LogP contribution in [-0.2, 0) is 9.53 Å². The number of carbonyl (C=O) groups is 1. The highest BCUT2D eigenvalue weighted by molar-refractivity contribution is 6.42. The van der Waals surface area contributed by atoms with Gasteiger partial charge in [-0.15, -0.1) is 0 Å². The molecule has 1 heterocycles. The molecule has 130 valence electrons. The first-order valence-electron chi connectivity index (χ1n) is 7.75. The maximum absolute atomic E-state index is 11.9. The largest absolute Gasteiger partial charge is 0.462 e. The van der Waals surface area contributed by atoms with E-state index in [-0.39, 0.29) is 12.2 Å². The Morgan fingerprint density at radius 2 is 2.04 bits per heavy atom. The van der Waals surface area contributed by atoms with Crippen LogP contribution >= 0.6 is 23.2 Å². The van der Waals surface area contributed by atoms with Crippen molar-refractivity contribution in [3.05, 3.63) is 51.7 Å². The number of nitrogens with zero attached hydrogens (tertiary/aromatic N) is 1. The van der Waals surface area contributed by atoms with E-state index in [1.54, 1.807) is 30.3 Å². The van der Waals surface area contributed by atoms with Gasteiger partial charge in [0.1, 0.15) is 23.2 Å². The van der Waals surface area contributed by atoms with Crippen molar-refractivity contribution in [2.45, 2.75) is 20.3 Å². The molecule has 1 aromatic heterocycles. The van der Waals surface area contributed by atoms with E-state index < -0.39 is 5.97 Å². The second-order valence-electron chi connectivity index (χ2n) is 5.82. The van der Waals surface area contributed by atoms with Crippen molar-refractivity contribution in [1.82, 2.24) is 0 Å². The van der Waals surface area contributed by atoms with Gasteiger partial charge in [-0.2, -0.15) is 5.26 Å². The van der Waals surface area contributed by atoms with Crippen molar-refractivity contribution in [3.63, 3.8) is 0 Å². The highest BCUT2D eigenvalue weighted by atomic mass is 35.5. The molecular weight excluding hydrogens is 361 g/mol. The molecule has 0 saturated heterocycles. The van der Waals surface area contributed by atoms with Gasteiger partial charge in [-0.05, 0) is 42.7 Å². The maximum Gasteiger partial charge on any atom is 0.349 e. The molecule has 0 atom stereocenters. The van der Waals surface area contributed by atoms with E-state index in [0.717, 1.165) is 12.0 Å². The van der Waals surface area contributed by atoms with Crippen molar-refractivity contribution in [3.8, 4) is 17.4 Å². The van der Waals surface area contributed by atoms with Gasteiger partial charge in [0.2, 0.25) is 0 Å². The SMILES string of the molecule is CC(C)CCOC(=O)/C(C#N)=C/c1ccc(-c2ccc(Cl)c(Cl)c2)o1. The average molecular weight is 378 g/mol. The minimum Gasteiger partial charge on any atom is -0.462 e. The summed E-state index contributed by atoms with van der Waals surface area (Å²) in [6, 6.07) is 10.4. The number of hydrogen-bond donors (Lipinski definition) is 0. The molecule has 0 aliphatic heterocycles. The van der Waals surface area contributed by atoms with Gasteiger partial charge in [0.15, 0.2) is 0 Å². The zero-order chi connectivity index (χ0) is 18.4. The highest BCUT2D eigenvalue weighted by Crippen LogP contribution is 2.30. The molecule has 6 heteroatoms. The van der Waals surface area contributed by atoms with E-state index in [1.165, 1.54) is 6.08 Å². The van der Waals surface area contributed by atoms with Crippen molar-refractivity contribution in [2.75, 3.05) is 6.61 Å². The van der Waals surface area contributed by atoms with Crippen LogP contribution in [0.2, 0.25) is 10.0 Å². The Morgan fingerprint density at radius 1 is 1.28 bits per heavy atom. The minimum atomic E-state index is -0.657. The fourth-order valence-electron chi connectivity index (χ4n) is 1.98. The Kier molecular flexibility index (Phi) is 6.69. The molecular formula is C19H17Cl2NO3. The van der Waals surface area contributed by atoms with Gasteiger partial charge < -0.3 is 9.15 Å². The molecule has 0 bridgehead atoms. The number of halogens is 2. The minimum absolute atomic E-state index is 0.112. The Morgan fingerprint density at radius 3 is 2.68 bits per heavy atom. The van der Waals surface area contributed by atoms with E-state index >= 15 is 0 Å². The molecule has 0 radical (unpaired) electrons. The first kappa shape index (κ1) is 19.1. The molecule has 0 aliphatic carbocycles. The van der Waals surface area contributed by atoms with Crippen LogP contribution in [0, 0.1) is 17.2 Å². The van der Waals surface area contributed by atoms with Crippen molar-refractivity contribution in [2.24, 2.45) is 5.92 Å². The van der Waals surface area contributed by atoms with E-state index in [9.17, 15) is 4.79 Å². The second-order valence-corrected chi connectivity index (χ2v) is 6.63. The number of ether oxygens (including phenoxy) is 1. The number of furan rings is 1. The van der Waals surface area contributed by atoms with Gasteiger partial charge in [0.25, 0.3) is 0 Å². The lowest BCUT2D eigenvalue weighted by molar-refractivity contribution is -0.138. The first-order chi connectivity index (χ1) is 11.9. The summed E-state index contributed by atoms with van der Waals surface area (Å²) in [5.74, 6) is 0.686. The number of rotatable bonds is 6. The van der Waals surface area contributed by atoms with E-state index in [1.807, 2.05) is 19.9 Å². The lowest BCUT2D eigenvalue weighted by Crippen LogP contribution is -2.09. The molecule has 4 nitrogen and oxygen atoms in total. The van der Waals surface area contributed by atoms with Crippen molar-refractivity contribution in [1.29, 1.82) is 5.26 Å². The van der Waals surface area contributed by atoms with Crippen LogP contribution in [0.1, 0.15) is 26.0 Å². The zero-order valence-corrected chi connectivity index (χ0v) is 15.4. The topological polar surface area (TPSA) is 63.2 Å². The Balaban J connectivity index is 2.14. The number of carbonyl (C=O) groups excluding carboxylic acids is 1. The fourth-order valence-corrected chi connectivity index (χ4v) is 2.28. The standard InChI is InChI=1S/C19H17Cl2NO3/c1-12(2)7-8-24-19(23)14(11-22)9-15-4-6-18(25-15)13-3-5-16(20)17(21)10-13/h3-6,9-10,12H,7-8H2,1-2H3/b14-9+. The zero-order valence-electron chi connectivity index (χ0n) is 13.9. The third-order valence-corrected chi connectivity index (χ3v) is 4.13. The summed E-state index contributed by atoms with van der Waals surface area (Å²) in [6.07, 6.45) is 2.10. The molecule has 0 fully saturated rings. The third-order valence-electron chi connectivity index (χ3n) is 3.39. The van der Waals surface area contributed by atoms with Gasteiger partial charge in [-0.3, -0.25) is 0 Å². The predicted molar refractivity (Wildman–Crippen MR) is 98.2 cm³/mol. The number of nitriles is 1. The summed E-state index contributed by atoms with van der Waals surface area (Å²) in [5.41, 5.74) is 0.630. The number of esters is 1. The van der Waals surface area contributed by atoms with Gasteiger partial charge in [-0.1, -0.05) is 37.0 Å². The van der Waals surface area contributed by atoms with Crippen LogP contribution in [0.5, 0.6) is 0 Å². The first-order valence-corrected chi connectivity index (χ1v) is 8.50. The summed E-state index contributed by atoms with van der Waals surface area (Å²) in [6.45, 7) is 4.34. The summed E-state index contributed by atoms with van der Waals surface area (Å²) in [4.78, 5) is 11.9. The summed E-state index contributed by atoms with van der Waals surface area (Å²) in [7, 11) is 0. The van der Waals surface area contributed by atoms with Gasteiger partial charge >= 0.3 is 5.97 Å². The molecule has 0 saturated carbocycles. The van der Waals surface area contributed by atoms with Crippen molar-refractivity contribution < 1.29 is 13.9 Å². The van der Waals surface area contributed by atoms with Crippen LogP contribution in [0.3, 0.4) is 0 Å². The van der Waals surface area contributed by atoms with Crippen LogP contribution < -0.4 is 0 Å². The van der Waals surface area contributed by atoms with Crippen LogP contribution in [-0.4, -0.2) is 12.6 Å². The molecule has 1 aromatic carbocycles. The van der Waals surface area contributed by atoms with Crippen LogP contribution in [0.4, 0.5) is 0 Å². The van der Waals surface area contributed by atoms with Gasteiger partial charge in [0, 0.05) is 11.6 Å². The number of hydrogen-bond acceptors (Lipinski definition) is 4. The third kappa shape index (κ3) is 5.38. The molecule has 0 spiro atoms. The summed E-state index contributed by atoms with van der Waals surface area (Å²) in [5, 5.41) is 10.0. The van der Waals surface area contributed by atoms with Gasteiger partial charge in [-0.25, -0.2) is 4.79 Å². The second kappa shape index (κ2) is 8.75. The Labute approximate surface area is 156 Å². The van der Waals surface area contributed by atoms with Crippen molar-refractivity contribution >= 4 is 35.2 Å². The quantitative estimate of drug-likeness (QED) is 0.365.